The van der Waals surface area contributed by atoms with E-state index in [4.69, 9.17) is 4.74 Å². The molecule has 0 radical (unpaired) electrons. The predicted octanol–water partition coefficient (Wildman–Crippen LogP) is 2.32. The second-order valence-corrected chi connectivity index (χ2v) is 9.18. The van der Waals surface area contributed by atoms with E-state index in [1.165, 1.54) is 0 Å². The summed E-state index contributed by atoms with van der Waals surface area (Å²) in [6.45, 7) is 5.64. The number of hydrogen-bond acceptors (Lipinski definition) is 4. The minimum Gasteiger partial charge on any atom is -0.444 e. The highest BCUT2D eigenvalue weighted by Gasteiger charge is 2.27. The van der Waals surface area contributed by atoms with E-state index in [0.29, 0.717) is 12.1 Å². The molecule has 1 saturated heterocycles. The zero-order chi connectivity index (χ0) is 16.2. The van der Waals surface area contributed by atoms with Crippen LogP contribution in [0.5, 0.6) is 0 Å². The van der Waals surface area contributed by atoms with Crippen molar-refractivity contribution in [2.45, 2.75) is 83.0 Å². The molecule has 0 atom stereocenters. The molecule has 0 bridgehead atoms. The van der Waals surface area contributed by atoms with E-state index < -0.39 is 16.4 Å². The van der Waals surface area contributed by atoms with Gasteiger partial charge in [-0.1, -0.05) is 0 Å². The van der Waals surface area contributed by atoms with Crippen LogP contribution in [0, 0.1) is 0 Å². The molecule has 0 aromatic rings. The summed E-state index contributed by atoms with van der Waals surface area (Å²) < 4.78 is 16.7. The molecule has 1 aliphatic heterocycles. The van der Waals surface area contributed by atoms with Crippen molar-refractivity contribution in [1.82, 2.24) is 10.6 Å². The number of nitrogens with one attached hydrogen (secondary N) is 2. The van der Waals surface area contributed by atoms with Crippen LogP contribution in [-0.4, -0.2) is 45.5 Å². The van der Waals surface area contributed by atoms with Crippen molar-refractivity contribution in [3.63, 3.8) is 0 Å². The third-order valence-corrected chi connectivity index (χ3v) is 5.69. The van der Waals surface area contributed by atoms with E-state index in [9.17, 15) is 9.00 Å². The van der Waals surface area contributed by atoms with Crippen LogP contribution in [0.2, 0.25) is 0 Å². The van der Waals surface area contributed by atoms with Gasteiger partial charge in [-0.15, -0.1) is 0 Å². The zero-order valence-corrected chi connectivity index (χ0v) is 14.8. The Morgan fingerprint density at radius 2 is 1.45 bits per heavy atom. The van der Waals surface area contributed by atoms with Crippen LogP contribution in [0.3, 0.4) is 0 Å². The van der Waals surface area contributed by atoms with Gasteiger partial charge >= 0.3 is 6.09 Å². The van der Waals surface area contributed by atoms with Crippen molar-refractivity contribution in [3.05, 3.63) is 0 Å². The summed E-state index contributed by atoms with van der Waals surface area (Å²) in [7, 11) is -0.590. The summed E-state index contributed by atoms with van der Waals surface area (Å²) in [4.78, 5) is 11.8. The van der Waals surface area contributed by atoms with E-state index in [1.807, 2.05) is 20.8 Å². The van der Waals surface area contributed by atoms with Crippen LogP contribution < -0.4 is 10.6 Å². The molecule has 0 aromatic carbocycles. The first-order valence-corrected chi connectivity index (χ1v) is 9.91. The average Bonchev–Trinajstić information content (AvgIpc) is 2.41. The monoisotopic (exact) mass is 330 g/mol. The summed E-state index contributed by atoms with van der Waals surface area (Å²) in [6.07, 6.45) is 5.91. The number of rotatable bonds is 3. The summed E-state index contributed by atoms with van der Waals surface area (Å²) in [5.41, 5.74) is -0.441. The molecule has 2 fully saturated rings. The van der Waals surface area contributed by atoms with Gasteiger partial charge in [0.05, 0.1) is 0 Å². The Labute approximate surface area is 136 Å². The van der Waals surface area contributed by atoms with Gasteiger partial charge in [-0.05, 0) is 59.3 Å². The van der Waals surface area contributed by atoms with Gasteiger partial charge in [0.15, 0.2) is 0 Å². The lowest BCUT2D eigenvalue weighted by Crippen LogP contribution is -2.47. The number of ether oxygens (including phenoxy) is 1. The van der Waals surface area contributed by atoms with Crippen LogP contribution in [0.15, 0.2) is 0 Å². The summed E-state index contributed by atoms with van der Waals surface area (Å²) in [6, 6.07) is 1.29. The number of carbonyl (C=O) groups is 1. The zero-order valence-electron chi connectivity index (χ0n) is 14.0. The van der Waals surface area contributed by atoms with Crippen molar-refractivity contribution in [3.8, 4) is 0 Å². The molecule has 128 valence electrons. The lowest BCUT2D eigenvalue weighted by atomic mass is 9.90. The second kappa shape index (κ2) is 7.77. The van der Waals surface area contributed by atoms with Crippen LogP contribution in [0.25, 0.3) is 0 Å². The minimum atomic E-state index is -0.590. The molecule has 1 aliphatic carbocycles. The molecule has 1 amide bonds. The topological polar surface area (TPSA) is 67.4 Å². The Morgan fingerprint density at radius 3 is 2.00 bits per heavy atom. The van der Waals surface area contributed by atoms with Crippen molar-refractivity contribution < 1.29 is 13.7 Å². The van der Waals surface area contributed by atoms with Crippen molar-refractivity contribution in [1.29, 1.82) is 0 Å². The Morgan fingerprint density at radius 1 is 0.955 bits per heavy atom. The molecule has 2 aliphatic rings. The highest BCUT2D eigenvalue weighted by Crippen LogP contribution is 2.21. The molecule has 1 heterocycles. The van der Waals surface area contributed by atoms with Gasteiger partial charge < -0.3 is 15.4 Å². The fourth-order valence-electron chi connectivity index (χ4n) is 3.17. The lowest BCUT2D eigenvalue weighted by molar-refractivity contribution is 0.0489. The van der Waals surface area contributed by atoms with Crippen molar-refractivity contribution in [2.75, 3.05) is 11.5 Å². The molecule has 0 spiro atoms. The normalized spacial score (nSPS) is 33.2. The van der Waals surface area contributed by atoms with Gasteiger partial charge in [-0.2, -0.15) is 0 Å². The lowest BCUT2D eigenvalue weighted by Gasteiger charge is -2.34. The first kappa shape index (κ1) is 17.7. The molecule has 0 unspecified atom stereocenters. The molecule has 1 saturated carbocycles. The average molecular weight is 330 g/mol. The van der Waals surface area contributed by atoms with Crippen molar-refractivity contribution >= 4 is 16.9 Å². The van der Waals surface area contributed by atoms with Gasteiger partial charge in [0, 0.05) is 40.4 Å². The molecular formula is C16H30N2O3S. The molecule has 0 aromatic heterocycles. The number of carbonyl (C=O) groups excluding carboxylic acids is 1. The summed E-state index contributed by atoms with van der Waals surface area (Å²) in [5, 5.41) is 6.69. The Balaban J connectivity index is 1.65. The second-order valence-electron chi connectivity index (χ2n) is 7.48. The summed E-state index contributed by atoms with van der Waals surface area (Å²) >= 11 is 0. The number of alkyl carbamates (subject to hydrolysis) is 1. The molecular weight excluding hydrogens is 300 g/mol. The fourth-order valence-corrected chi connectivity index (χ4v) is 4.47. The smallest absolute Gasteiger partial charge is 0.407 e. The third-order valence-electron chi connectivity index (χ3n) is 4.31. The van der Waals surface area contributed by atoms with Crippen LogP contribution in [0.4, 0.5) is 4.79 Å². The van der Waals surface area contributed by atoms with Gasteiger partial charge in [-0.3, -0.25) is 4.21 Å². The predicted molar refractivity (Wildman–Crippen MR) is 89.4 cm³/mol. The molecule has 5 nitrogen and oxygen atoms in total. The number of hydrogen-bond donors (Lipinski definition) is 2. The number of amides is 1. The van der Waals surface area contributed by atoms with E-state index in [0.717, 1.165) is 50.0 Å². The van der Waals surface area contributed by atoms with Crippen LogP contribution in [-0.2, 0) is 15.5 Å². The van der Waals surface area contributed by atoms with Crippen molar-refractivity contribution in [2.24, 2.45) is 0 Å². The van der Waals surface area contributed by atoms with E-state index >= 15 is 0 Å². The minimum absolute atomic E-state index is 0.228. The highest BCUT2D eigenvalue weighted by molar-refractivity contribution is 7.85. The first-order valence-electron chi connectivity index (χ1n) is 8.42. The Hall–Kier alpha value is -0.620. The molecule has 22 heavy (non-hydrogen) atoms. The quantitative estimate of drug-likeness (QED) is 0.833. The standard InChI is InChI=1S/C16H30N2O3S/c1-16(2,3)21-15(19)18-13-6-4-12(5-7-13)17-14-8-10-22(20)11-9-14/h12-14,17H,4-11H2,1-3H3,(H,18,19). The first-order chi connectivity index (χ1) is 10.3. The largest absolute Gasteiger partial charge is 0.444 e. The van der Waals surface area contributed by atoms with Gasteiger partial charge in [0.1, 0.15) is 5.60 Å². The molecule has 6 heteroatoms. The molecule has 2 N–H and O–H groups in total. The van der Waals surface area contributed by atoms with Gasteiger partial charge in [0.25, 0.3) is 0 Å². The highest BCUT2D eigenvalue weighted by atomic mass is 32.2. The van der Waals surface area contributed by atoms with Gasteiger partial charge in [-0.25, -0.2) is 4.79 Å². The fraction of sp³-hybridized carbons (Fsp3) is 0.938. The molecule has 2 rings (SSSR count). The third kappa shape index (κ3) is 6.24. The maximum atomic E-state index is 11.8. The summed E-state index contributed by atoms with van der Waals surface area (Å²) in [5.74, 6) is 1.68. The van der Waals surface area contributed by atoms with Crippen LogP contribution in [0.1, 0.15) is 59.3 Å². The van der Waals surface area contributed by atoms with Gasteiger partial charge in [0.2, 0.25) is 0 Å². The van der Waals surface area contributed by atoms with Crippen LogP contribution >= 0.6 is 0 Å². The maximum absolute atomic E-state index is 11.8. The Kier molecular flexibility index (Phi) is 6.26. The van der Waals surface area contributed by atoms with E-state index in [2.05, 4.69) is 10.6 Å². The van der Waals surface area contributed by atoms with E-state index in [-0.39, 0.29) is 12.1 Å². The van der Waals surface area contributed by atoms with E-state index in [1.54, 1.807) is 0 Å². The maximum Gasteiger partial charge on any atom is 0.407 e. The SMILES string of the molecule is CC(C)(C)OC(=O)NC1CCC(NC2CCS(=O)CC2)CC1. The Bertz CT molecular complexity index is 391.